The molecule has 184 valence electrons. The molecule has 1 heteroatoms. The average molecular weight is 485 g/mol. The first-order valence-corrected chi connectivity index (χ1v) is 13.2. The number of benzene rings is 4. The summed E-state index contributed by atoms with van der Waals surface area (Å²) in [4.78, 5) is 0. The quantitative estimate of drug-likeness (QED) is 0.139. The number of rotatable bonds is 7. The second-order valence-corrected chi connectivity index (χ2v) is 9.31. The fourth-order valence-electron chi connectivity index (χ4n) is 4.27. The van der Waals surface area contributed by atoms with E-state index in [1.165, 1.54) is 5.56 Å². The molecule has 0 nitrogen and oxygen atoms in total. The van der Waals surface area contributed by atoms with E-state index in [0.717, 1.165) is 71.7 Å². The molecule has 4 aromatic rings. The Bertz CT molecular complexity index is 1480. The van der Waals surface area contributed by atoms with Crippen molar-refractivity contribution in [3.63, 3.8) is 0 Å². The molecule has 0 amide bonds. The van der Waals surface area contributed by atoms with Gasteiger partial charge in [0.1, 0.15) is 5.82 Å². The first-order chi connectivity index (χ1) is 18.2. The maximum atomic E-state index is 14.9. The number of hydrogen-bond acceptors (Lipinski definition) is 0. The van der Waals surface area contributed by atoms with Gasteiger partial charge in [-0.2, -0.15) is 0 Å². The minimum absolute atomic E-state index is 0.0925. The molecule has 4 aromatic carbocycles. The van der Waals surface area contributed by atoms with Crippen LogP contribution in [-0.4, -0.2) is 0 Å². The van der Waals surface area contributed by atoms with Gasteiger partial charge in [0, 0.05) is 27.6 Å². The average Bonchev–Trinajstić information content (AvgIpc) is 2.93. The van der Waals surface area contributed by atoms with Crippen LogP contribution in [0, 0.1) is 29.5 Å². The molecule has 0 aliphatic heterocycles. The second kappa shape index (κ2) is 13.3. The summed E-state index contributed by atoms with van der Waals surface area (Å²) in [6, 6.07) is 26.1. The van der Waals surface area contributed by atoms with Gasteiger partial charge >= 0.3 is 0 Å². The number of allylic oxidation sites excluding steroid dienone is 2. The van der Waals surface area contributed by atoms with Gasteiger partial charge in [0.15, 0.2) is 0 Å². The smallest absolute Gasteiger partial charge is 0.134 e. The lowest BCUT2D eigenvalue weighted by Gasteiger charge is -2.07. The maximum absolute atomic E-state index is 14.9. The number of halogens is 1. The number of aryl methyl sites for hydroxylation is 2. The van der Waals surface area contributed by atoms with Gasteiger partial charge in [0.25, 0.3) is 0 Å². The third-order valence-electron chi connectivity index (χ3n) is 6.46. The molecule has 0 atom stereocenters. The van der Waals surface area contributed by atoms with Crippen molar-refractivity contribution in [2.75, 3.05) is 0 Å². The fraction of sp³-hybridized carbons (Fsp3) is 0.222. The van der Waals surface area contributed by atoms with Gasteiger partial charge < -0.3 is 0 Å². The minimum Gasteiger partial charge on any atom is -0.206 e. The maximum Gasteiger partial charge on any atom is 0.134 e. The highest BCUT2D eigenvalue weighted by Gasteiger charge is 2.07. The first kappa shape index (κ1) is 26.0. The highest BCUT2D eigenvalue weighted by atomic mass is 19.1. The Hall–Kier alpha value is -4.07. The lowest BCUT2D eigenvalue weighted by atomic mass is 10.00. The van der Waals surface area contributed by atoms with E-state index in [1.54, 1.807) is 0 Å². The van der Waals surface area contributed by atoms with Crippen LogP contribution in [0.2, 0.25) is 0 Å². The lowest BCUT2D eigenvalue weighted by molar-refractivity contribution is 0.609. The van der Waals surface area contributed by atoms with Gasteiger partial charge in [-0.25, -0.2) is 4.39 Å². The topological polar surface area (TPSA) is 0 Å². The number of unbranched alkanes of at least 4 members (excludes halogenated alkanes) is 2. The van der Waals surface area contributed by atoms with Crippen molar-refractivity contribution in [3.05, 3.63) is 130 Å². The van der Waals surface area contributed by atoms with Gasteiger partial charge in [0.05, 0.1) is 0 Å². The monoisotopic (exact) mass is 484 g/mol. The number of hydrogen-bond donors (Lipinski definition) is 0. The number of fused-ring (bicyclic) bond motifs is 1. The zero-order valence-electron chi connectivity index (χ0n) is 21.8. The molecule has 0 spiro atoms. The standard InChI is InChI=1S/C36H33F/c1-3-5-7-9-28-11-13-29(14-12-28)15-16-30-17-19-31(20-18-30)21-22-32-23-26-35-34(27-32)25-24-33(36(35)37)10-8-6-4-2/h3,5,11-14,17-20,23-27H,4,6-10H2,1-2H3/b5-3+. The molecule has 0 radical (unpaired) electrons. The summed E-state index contributed by atoms with van der Waals surface area (Å²) in [5.41, 5.74) is 5.91. The van der Waals surface area contributed by atoms with E-state index in [1.807, 2.05) is 54.6 Å². The Labute approximate surface area is 221 Å². The van der Waals surface area contributed by atoms with Crippen LogP contribution in [0.25, 0.3) is 10.8 Å². The van der Waals surface area contributed by atoms with E-state index in [2.05, 4.69) is 73.9 Å². The molecular formula is C36H33F. The predicted octanol–water partition coefficient (Wildman–Crippen LogP) is 9.02. The Kier molecular flexibility index (Phi) is 9.35. The van der Waals surface area contributed by atoms with E-state index in [4.69, 9.17) is 0 Å². The van der Waals surface area contributed by atoms with E-state index in [0.29, 0.717) is 5.39 Å². The van der Waals surface area contributed by atoms with Gasteiger partial charge in [-0.3, -0.25) is 0 Å². The van der Waals surface area contributed by atoms with Crippen LogP contribution in [0.3, 0.4) is 0 Å². The highest BCUT2D eigenvalue weighted by molar-refractivity contribution is 5.85. The van der Waals surface area contributed by atoms with Crippen LogP contribution in [0.4, 0.5) is 4.39 Å². The van der Waals surface area contributed by atoms with Crippen LogP contribution in [0.1, 0.15) is 72.9 Å². The Morgan fingerprint density at radius 3 is 1.89 bits per heavy atom. The fourth-order valence-corrected chi connectivity index (χ4v) is 4.27. The van der Waals surface area contributed by atoms with Crippen molar-refractivity contribution in [1.29, 1.82) is 0 Å². The molecule has 0 saturated carbocycles. The van der Waals surface area contributed by atoms with E-state index in [-0.39, 0.29) is 5.82 Å². The molecule has 4 rings (SSSR count). The summed E-state index contributed by atoms with van der Waals surface area (Å²) in [5, 5.41) is 1.56. The molecule has 37 heavy (non-hydrogen) atoms. The predicted molar refractivity (Wildman–Crippen MR) is 155 cm³/mol. The van der Waals surface area contributed by atoms with Crippen molar-refractivity contribution in [2.24, 2.45) is 0 Å². The van der Waals surface area contributed by atoms with Crippen molar-refractivity contribution in [1.82, 2.24) is 0 Å². The summed E-state index contributed by atoms with van der Waals surface area (Å²) >= 11 is 0. The van der Waals surface area contributed by atoms with Crippen LogP contribution in [-0.2, 0) is 12.8 Å². The van der Waals surface area contributed by atoms with E-state index in [9.17, 15) is 4.39 Å². The van der Waals surface area contributed by atoms with Crippen molar-refractivity contribution < 1.29 is 4.39 Å². The van der Waals surface area contributed by atoms with Gasteiger partial charge in [-0.05, 0) is 97.7 Å². The zero-order valence-corrected chi connectivity index (χ0v) is 21.8. The SMILES string of the molecule is C/C=C/CCc1ccc(C#Cc2ccc(C#Cc3ccc4c(F)c(CCCCC)ccc4c3)cc2)cc1. The van der Waals surface area contributed by atoms with Crippen LogP contribution >= 0.6 is 0 Å². The largest absolute Gasteiger partial charge is 0.206 e. The van der Waals surface area contributed by atoms with E-state index < -0.39 is 0 Å². The first-order valence-electron chi connectivity index (χ1n) is 13.2. The molecule has 0 fully saturated rings. The molecule has 0 N–H and O–H groups in total. The van der Waals surface area contributed by atoms with Crippen molar-refractivity contribution in [2.45, 2.75) is 52.4 Å². The molecule has 0 unspecified atom stereocenters. The van der Waals surface area contributed by atoms with Crippen LogP contribution < -0.4 is 0 Å². The summed E-state index contributed by atoms with van der Waals surface area (Å²) in [7, 11) is 0. The lowest BCUT2D eigenvalue weighted by Crippen LogP contribution is -1.93. The van der Waals surface area contributed by atoms with Gasteiger partial charge in [0.2, 0.25) is 0 Å². The molecule has 0 aromatic heterocycles. The molecular weight excluding hydrogens is 451 g/mol. The molecule has 0 aliphatic carbocycles. The zero-order chi connectivity index (χ0) is 25.9. The Morgan fingerprint density at radius 1 is 0.676 bits per heavy atom. The minimum atomic E-state index is -0.0925. The van der Waals surface area contributed by atoms with Gasteiger partial charge in [-0.1, -0.05) is 85.9 Å². The van der Waals surface area contributed by atoms with Crippen LogP contribution in [0.15, 0.2) is 91.0 Å². The summed E-state index contributed by atoms with van der Waals surface area (Å²) < 4.78 is 14.9. The third kappa shape index (κ3) is 7.46. The third-order valence-corrected chi connectivity index (χ3v) is 6.46. The normalized spacial score (nSPS) is 10.7. The van der Waals surface area contributed by atoms with Crippen LogP contribution in [0.5, 0.6) is 0 Å². The highest BCUT2D eigenvalue weighted by Crippen LogP contribution is 2.23. The van der Waals surface area contributed by atoms with Crippen molar-refractivity contribution >= 4 is 10.8 Å². The molecule has 0 aliphatic rings. The summed E-state index contributed by atoms with van der Waals surface area (Å²) in [5.74, 6) is 12.8. The van der Waals surface area contributed by atoms with Gasteiger partial charge in [-0.15, -0.1) is 0 Å². The molecule has 0 saturated heterocycles. The second-order valence-electron chi connectivity index (χ2n) is 9.31. The summed E-state index contributed by atoms with van der Waals surface area (Å²) in [6.45, 7) is 4.21. The van der Waals surface area contributed by atoms with E-state index >= 15 is 0 Å². The molecule has 0 bridgehead atoms. The summed E-state index contributed by atoms with van der Waals surface area (Å²) in [6.07, 6.45) is 10.5. The Morgan fingerprint density at radius 2 is 1.27 bits per heavy atom. The molecule has 0 heterocycles. The van der Waals surface area contributed by atoms with Crippen molar-refractivity contribution in [3.8, 4) is 23.7 Å². The Balaban J connectivity index is 1.41.